The number of benzene rings is 1. The maximum absolute atomic E-state index is 11.6. The molecule has 0 N–H and O–H groups in total. The van der Waals surface area contributed by atoms with Gasteiger partial charge in [0, 0.05) is 0 Å². The summed E-state index contributed by atoms with van der Waals surface area (Å²) < 4.78 is 4.88. The summed E-state index contributed by atoms with van der Waals surface area (Å²) in [6, 6.07) is 8.89. The highest BCUT2D eigenvalue weighted by Crippen LogP contribution is 2.22. The molecule has 0 bridgehead atoms. The van der Waals surface area contributed by atoms with Crippen LogP contribution in [0.1, 0.15) is 19.4 Å². The summed E-state index contributed by atoms with van der Waals surface area (Å²) >= 11 is 0. The second kappa shape index (κ2) is 4.73. The Bertz CT molecular complexity index is 345. The highest BCUT2D eigenvalue weighted by molar-refractivity contribution is 5.99. The Balaban J connectivity index is 3.05. The zero-order valence-electron chi connectivity index (χ0n) is 8.90. The van der Waals surface area contributed by atoms with E-state index in [0.29, 0.717) is 11.8 Å². The minimum Gasteiger partial charge on any atom is -0.465 e. The molecule has 80 valence electrons. The second-order valence-corrected chi connectivity index (χ2v) is 3.41. The third-order valence-electron chi connectivity index (χ3n) is 2.31. The quantitative estimate of drug-likeness (QED) is 0.428. The molecule has 0 aromatic heterocycles. The average molecular weight is 206 g/mol. The highest BCUT2D eigenvalue weighted by atomic mass is 16.5. The van der Waals surface area contributed by atoms with Crippen molar-refractivity contribution in [1.82, 2.24) is 0 Å². The van der Waals surface area contributed by atoms with Gasteiger partial charge < -0.3 is 9.53 Å². The SMILES string of the molecule is CCOC(=O)C(C)(C=O)c1ccccc1. The summed E-state index contributed by atoms with van der Waals surface area (Å²) in [5.41, 5.74) is -0.546. The molecule has 0 amide bonds. The summed E-state index contributed by atoms with van der Waals surface area (Å²) in [5, 5.41) is 0. The van der Waals surface area contributed by atoms with E-state index in [0.717, 1.165) is 0 Å². The number of esters is 1. The van der Waals surface area contributed by atoms with Crippen molar-refractivity contribution in [3.05, 3.63) is 35.9 Å². The van der Waals surface area contributed by atoms with Crippen molar-refractivity contribution < 1.29 is 14.3 Å². The van der Waals surface area contributed by atoms with Crippen LogP contribution in [0.4, 0.5) is 0 Å². The minimum atomic E-state index is -1.20. The van der Waals surface area contributed by atoms with E-state index in [1.165, 1.54) is 0 Å². The molecule has 3 nitrogen and oxygen atoms in total. The molecule has 0 aliphatic carbocycles. The molecule has 1 unspecified atom stereocenters. The maximum Gasteiger partial charge on any atom is 0.323 e. The van der Waals surface area contributed by atoms with E-state index < -0.39 is 11.4 Å². The van der Waals surface area contributed by atoms with E-state index in [4.69, 9.17) is 4.74 Å². The number of carbonyl (C=O) groups is 2. The van der Waals surface area contributed by atoms with Gasteiger partial charge in [0.05, 0.1) is 6.61 Å². The van der Waals surface area contributed by atoms with Gasteiger partial charge in [0.15, 0.2) is 0 Å². The molecule has 0 aliphatic rings. The van der Waals surface area contributed by atoms with Gasteiger partial charge >= 0.3 is 5.97 Å². The standard InChI is InChI=1S/C12H14O3/c1-3-15-11(14)12(2,9-13)10-7-5-4-6-8-10/h4-9H,3H2,1-2H3. The van der Waals surface area contributed by atoms with Crippen molar-refractivity contribution in [3.63, 3.8) is 0 Å². The van der Waals surface area contributed by atoms with Crippen LogP contribution in [0.3, 0.4) is 0 Å². The lowest BCUT2D eigenvalue weighted by Crippen LogP contribution is -2.36. The van der Waals surface area contributed by atoms with Gasteiger partial charge in [-0.3, -0.25) is 4.79 Å². The van der Waals surface area contributed by atoms with Gasteiger partial charge in [-0.25, -0.2) is 0 Å². The fourth-order valence-corrected chi connectivity index (χ4v) is 1.30. The van der Waals surface area contributed by atoms with Crippen molar-refractivity contribution in [2.75, 3.05) is 6.61 Å². The van der Waals surface area contributed by atoms with Crippen molar-refractivity contribution >= 4 is 12.3 Å². The molecular weight excluding hydrogens is 192 g/mol. The molecule has 0 saturated heterocycles. The number of ether oxygens (including phenoxy) is 1. The van der Waals surface area contributed by atoms with Crippen LogP contribution in [0.2, 0.25) is 0 Å². The van der Waals surface area contributed by atoms with Gasteiger partial charge in [0.25, 0.3) is 0 Å². The Morgan fingerprint density at radius 3 is 2.47 bits per heavy atom. The first-order valence-corrected chi connectivity index (χ1v) is 4.84. The van der Waals surface area contributed by atoms with Gasteiger partial charge in [-0.05, 0) is 19.4 Å². The van der Waals surface area contributed by atoms with Crippen LogP contribution in [0.25, 0.3) is 0 Å². The Hall–Kier alpha value is -1.64. The van der Waals surface area contributed by atoms with Crippen molar-refractivity contribution in [2.24, 2.45) is 0 Å². The van der Waals surface area contributed by atoms with E-state index in [1.54, 1.807) is 38.1 Å². The molecule has 0 radical (unpaired) electrons. The Labute approximate surface area is 89.1 Å². The largest absolute Gasteiger partial charge is 0.465 e. The van der Waals surface area contributed by atoms with Crippen LogP contribution in [0, 0.1) is 0 Å². The predicted molar refractivity (Wildman–Crippen MR) is 56.5 cm³/mol. The first kappa shape index (κ1) is 11.4. The average Bonchev–Trinajstić information content (AvgIpc) is 2.29. The molecule has 15 heavy (non-hydrogen) atoms. The first-order valence-electron chi connectivity index (χ1n) is 4.84. The second-order valence-electron chi connectivity index (χ2n) is 3.41. The lowest BCUT2D eigenvalue weighted by molar-refractivity contribution is -0.150. The van der Waals surface area contributed by atoms with Gasteiger partial charge in [-0.15, -0.1) is 0 Å². The highest BCUT2D eigenvalue weighted by Gasteiger charge is 2.36. The van der Waals surface area contributed by atoms with Crippen LogP contribution in [-0.2, 0) is 19.7 Å². The Morgan fingerprint density at radius 1 is 1.40 bits per heavy atom. The fraction of sp³-hybridized carbons (Fsp3) is 0.333. The number of rotatable bonds is 4. The van der Waals surface area contributed by atoms with E-state index in [2.05, 4.69) is 0 Å². The summed E-state index contributed by atoms with van der Waals surface area (Å²) in [4.78, 5) is 22.7. The van der Waals surface area contributed by atoms with Crippen LogP contribution < -0.4 is 0 Å². The number of hydrogen-bond donors (Lipinski definition) is 0. The minimum absolute atomic E-state index is 0.273. The van der Waals surface area contributed by atoms with E-state index in [1.807, 2.05) is 6.07 Å². The van der Waals surface area contributed by atoms with Gasteiger partial charge in [0.2, 0.25) is 0 Å². The van der Waals surface area contributed by atoms with E-state index in [-0.39, 0.29) is 6.61 Å². The molecule has 0 fully saturated rings. The summed E-state index contributed by atoms with van der Waals surface area (Å²) in [6.45, 7) is 3.55. The summed E-state index contributed by atoms with van der Waals surface area (Å²) in [5.74, 6) is -0.508. The van der Waals surface area contributed by atoms with Crippen LogP contribution in [0.5, 0.6) is 0 Å². The lowest BCUT2D eigenvalue weighted by atomic mass is 9.84. The molecule has 1 atom stereocenters. The van der Waals surface area contributed by atoms with Crippen LogP contribution in [0.15, 0.2) is 30.3 Å². The molecule has 0 aliphatic heterocycles. The predicted octanol–water partition coefficient (Wildman–Crippen LogP) is 1.71. The maximum atomic E-state index is 11.6. The topological polar surface area (TPSA) is 43.4 Å². The molecule has 0 saturated carbocycles. The molecule has 1 aromatic rings. The monoisotopic (exact) mass is 206 g/mol. The zero-order chi connectivity index (χ0) is 11.3. The molecule has 1 rings (SSSR count). The van der Waals surface area contributed by atoms with Crippen LogP contribution >= 0.6 is 0 Å². The molecule has 0 heterocycles. The van der Waals surface area contributed by atoms with Gasteiger partial charge in [-0.2, -0.15) is 0 Å². The van der Waals surface area contributed by atoms with Crippen molar-refractivity contribution in [3.8, 4) is 0 Å². The molecule has 1 aromatic carbocycles. The van der Waals surface area contributed by atoms with E-state index >= 15 is 0 Å². The normalized spacial score (nSPS) is 14.0. The zero-order valence-corrected chi connectivity index (χ0v) is 8.90. The summed E-state index contributed by atoms with van der Waals surface area (Å²) in [6.07, 6.45) is 0.625. The van der Waals surface area contributed by atoms with Crippen LogP contribution in [-0.4, -0.2) is 18.9 Å². The van der Waals surface area contributed by atoms with Gasteiger partial charge in [0.1, 0.15) is 11.7 Å². The third kappa shape index (κ3) is 2.24. The number of hydrogen-bond acceptors (Lipinski definition) is 3. The molecule has 3 heteroatoms. The Kier molecular flexibility index (Phi) is 3.61. The number of aldehydes is 1. The van der Waals surface area contributed by atoms with Crippen molar-refractivity contribution in [2.45, 2.75) is 19.3 Å². The van der Waals surface area contributed by atoms with Gasteiger partial charge in [-0.1, -0.05) is 30.3 Å². The number of carbonyl (C=O) groups excluding carboxylic acids is 2. The summed E-state index contributed by atoms with van der Waals surface area (Å²) in [7, 11) is 0. The van der Waals surface area contributed by atoms with E-state index in [9.17, 15) is 9.59 Å². The fourth-order valence-electron chi connectivity index (χ4n) is 1.30. The van der Waals surface area contributed by atoms with Crippen molar-refractivity contribution in [1.29, 1.82) is 0 Å². The third-order valence-corrected chi connectivity index (χ3v) is 2.31. The Morgan fingerprint density at radius 2 is 2.00 bits per heavy atom. The lowest BCUT2D eigenvalue weighted by Gasteiger charge is -2.20. The first-order chi connectivity index (χ1) is 7.15. The molecular formula is C12H14O3. The molecule has 0 spiro atoms. The smallest absolute Gasteiger partial charge is 0.323 e.